The topological polar surface area (TPSA) is 84.2 Å². The molecule has 1 aromatic heterocycles. The molecule has 1 aliphatic rings. The van der Waals surface area contributed by atoms with Crippen molar-refractivity contribution in [1.29, 1.82) is 0 Å². The van der Waals surface area contributed by atoms with Gasteiger partial charge in [-0.25, -0.2) is 4.98 Å². The van der Waals surface area contributed by atoms with Crippen molar-refractivity contribution in [3.8, 4) is 5.75 Å². The molecule has 0 spiro atoms. The van der Waals surface area contributed by atoms with Gasteiger partial charge in [-0.05, 0) is 53.5 Å². The Hall–Kier alpha value is -3.41. The SMILES string of the molecule is COc1ccc(/C=C2\CCn3c2nc2cc(C(=O)[O-])ccc2c3=O)cc1. The van der Waals surface area contributed by atoms with E-state index in [9.17, 15) is 14.7 Å². The number of carbonyl (C=O) groups excluding carboxylic acids is 1. The minimum atomic E-state index is -1.29. The van der Waals surface area contributed by atoms with E-state index in [0.29, 0.717) is 29.7 Å². The van der Waals surface area contributed by atoms with Crippen LogP contribution in [0, 0.1) is 0 Å². The van der Waals surface area contributed by atoms with Gasteiger partial charge in [0.15, 0.2) is 0 Å². The van der Waals surface area contributed by atoms with Crippen LogP contribution in [-0.2, 0) is 6.54 Å². The van der Waals surface area contributed by atoms with Crippen LogP contribution in [0.1, 0.15) is 28.2 Å². The number of methoxy groups -OCH3 is 1. The molecule has 130 valence electrons. The number of fused-ring (bicyclic) bond motifs is 2. The maximum Gasteiger partial charge on any atom is 0.261 e. The van der Waals surface area contributed by atoms with Crippen LogP contribution < -0.4 is 15.4 Å². The van der Waals surface area contributed by atoms with Gasteiger partial charge in [-0.1, -0.05) is 18.2 Å². The van der Waals surface area contributed by atoms with E-state index in [2.05, 4.69) is 4.98 Å². The zero-order valence-corrected chi connectivity index (χ0v) is 14.1. The van der Waals surface area contributed by atoms with Crippen molar-refractivity contribution in [3.05, 3.63) is 69.8 Å². The number of hydrogen-bond donors (Lipinski definition) is 0. The monoisotopic (exact) mass is 347 g/mol. The number of benzene rings is 2. The van der Waals surface area contributed by atoms with E-state index in [0.717, 1.165) is 16.9 Å². The molecule has 0 N–H and O–H groups in total. The number of carboxylic acid groups (broad SMARTS) is 1. The molecule has 1 aliphatic heterocycles. The Bertz CT molecular complexity index is 1110. The van der Waals surface area contributed by atoms with Crippen LogP contribution in [0.15, 0.2) is 47.3 Å². The Labute approximate surface area is 149 Å². The van der Waals surface area contributed by atoms with Gasteiger partial charge >= 0.3 is 0 Å². The van der Waals surface area contributed by atoms with E-state index in [-0.39, 0.29) is 11.1 Å². The minimum Gasteiger partial charge on any atom is -0.545 e. The Morgan fingerprint density at radius 2 is 2.00 bits per heavy atom. The molecule has 0 fully saturated rings. The van der Waals surface area contributed by atoms with Crippen LogP contribution in [0.5, 0.6) is 5.75 Å². The summed E-state index contributed by atoms with van der Waals surface area (Å²) in [4.78, 5) is 28.3. The third-order valence-electron chi connectivity index (χ3n) is 4.54. The lowest BCUT2D eigenvalue weighted by atomic mass is 10.1. The van der Waals surface area contributed by atoms with Gasteiger partial charge in [-0.3, -0.25) is 9.36 Å². The third kappa shape index (κ3) is 2.65. The predicted octanol–water partition coefficient (Wildman–Crippen LogP) is 1.71. The van der Waals surface area contributed by atoms with E-state index < -0.39 is 5.97 Å². The number of aromatic nitrogens is 2. The summed E-state index contributed by atoms with van der Waals surface area (Å²) >= 11 is 0. The molecule has 0 amide bonds. The summed E-state index contributed by atoms with van der Waals surface area (Å²) in [5.41, 5.74) is 2.13. The van der Waals surface area contributed by atoms with Crippen LogP contribution >= 0.6 is 0 Å². The first-order valence-electron chi connectivity index (χ1n) is 8.18. The van der Waals surface area contributed by atoms with Gasteiger partial charge in [0.05, 0.1) is 24.0 Å². The van der Waals surface area contributed by atoms with Crippen molar-refractivity contribution < 1.29 is 14.6 Å². The Kier molecular flexibility index (Phi) is 3.80. The first kappa shape index (κ1) is 16.1. The van der Waals surface area contributed by atoms with Crippen LogP contribution in [0.4, 0.5) is 0 Å². The Morgan fingerprint density at radius 3 is 2.69 bits per heavy atom. The lowest BCUT2D eigenvalue weighted by Crippen LogP contribution is -2.23. The molecule has 26 heavy (non-hydrogen) atoms. The number of carbonyl (C=O) groups is 1. The van der Waals surface area contributed by atoms with Crippen LogP contribution in [-0.4, -0.2) is 22.6 Å². The molecule has 0 atom stereocenters. The number of nitrogens with zero attached hydrogens (tertiary/aromatic N) is 2. The summed E-state index contributed by atoms with van der Waals surface area (Å²) in [6.45, 7) is 0.557. The fourth-order valence-electron chi connectivity index (χ4n) is 3.18. The van der Waals surface area contributed by atoms with Crippen LogP contribution in [0.2, 0.25) is 0 Å². The van der Waals surface area contributed by atoms with Gasteiger partial charge in [-0.15, -0.1) is 0 Å². The summed E-state index contributed by atoms with van der Waals surface area (Å²) < 4.78 is 6.79. The van der Waals surface area contributed by atoms with Crippen molar-refractivity contribution >= 4 is 28.5 Å². The highest BCUT2D eigenvalue weighted by Gasteiger charge is 2.21. The quantitative estimate of drug-likeness (QED) is 0.720. The van der Waals surface area contributed by atoms with E-state index in [1.54, 1.807) is 11.7 Å². The van der Waals surface area contributed by atoms with Crippen molar-refractivity contribution in [1.82, 2.24) is 9.55 Å². The van der Waals surface area contributed by atoms with Gasteiger partial charge in [-0.2, -0.15) is 0 Å². The molecule has 6 heteroatoms. The lowest BCUT2D eigenvalue weighted by molar-refractivity contribution is -0.255. The van der Waals surface area contributed by atoms with Crippen molar-refractivity contribution in [3.63, 3.8) is 0 Å². The molecule has 2 aromatic carbocycles. The number of carboxylic acids is 1. The minimum absolute atomic E-state index is 0.00744. The maximum absolute atomic E-state index is 12.7. The zero-order valence-electron chi connectivity index (χ0n) is 14.1. The molecular weight excluding hydrogens is 332 g/mol. The highest BCUT2D eigenvalue weighted by Crippen LogP contribution is 2.28. The second kappa shape index (κ2) is 6.15. The molecule has 0 bridgehead atoms. The van der Waals surface area contributed by atoms with Gasteiger partial charge in [0.25, 0.3) is 5.56 Å². The summed E-state index contributed by atoms with van der Waals surface area (Å²) in [7, 11) is 1.61. The second-order valence-electron chi connectivity index (χ2n) is 6.10. The fourth-order valence-corrected chi connectivity index (χ4v) is 3.18. The molecule has 0 saturated carbocycles. The average Bonchev–Trinajstić information content (AvgIpc) is 3.05. The normalized spacial score (nSPS) is 14.6. The summed E-state index contributed by atoms with van der Waals surface area (Å²) in [5, 5.41) is 11.5. The number of rotatable bonds is 3. The summed E-state index contributed by atoms with van der Waals surface area (Å²) in [6, 6.07) is 11.9. The summed E-state index contributed by atoms with van der Waals surface area (Å²) in [5.74, 6) is 0.0613. The molecule has 0 unspecified atom stereocenters. The molecule has 0 aliphatic carbocycles. The third-order valence-corrected chi connectivity index (χ3v) is 4.54. The van der Waals surface area contributed by atoms with Crippen molar-refractivity contribution in [2.75, 3.05) is 7.11 Å². The van der Waals surface area contributed by atoms with E-state index >= 15 is 0 Å². The number of allylic oxidation sites excluding steroid dienone is 1. The average molecular weight is 347 g/mol. The van der Waals surface area contributed by atoms with E-state index in [1.165, 1.54) is 18.2 Å². The van der Waals surface area contributed by atoms with Gasteiger partial charge in [0, 0.05) is 6.54 Å². The Balaban J connectivity index is 1.84. The van der Waals surface area contributed by atoms with Gasteiger partial charge in [0.1, 0.15) is 11.6 Å². The number of ether oxygens (including phenoxy) is 1. The van der Waals surface area contributed by atoms with Crippen LogP contribution in [0.3, 0.4) is 0 Å². The Morgan fingerprint density at radius 1 is 1.23 bits per heavy atom. The van der Waals surface area contributed by atoms with E-state index in [1.807, 2.05) is 30.3 Å². The molecule has 6 nitrogen and oxygen atoms in total. The number of aromatic carboxylic acids is 1. The van der Waals surface area contributed by atoms with Crippen molar-refractivity contribution in [2.24, 2.45) is 0 Å². The first-order valence-corrected chi connectivity index (χ1v) is 8.18. The van der Waals surface area contributed by atoms with Gasteiger partial charge in [0.2, 0.25) is 0 Å². The fraction of sp³-hybridized carbons (Fsp3) is 0.150. The van der Waals surface area contributed by atoms with Crippen molar-refractivity contribution in [2.45, 2.75) is 13.0 Å². The summed E-state index contributed by atoms with van der Waals surface area (Å²) in [6.07, 6.45) is 2.68. The molecule has 4 rings (SSSR count). The standard InChI is InChI=1S/C20H16N2O4/c1-26-15-5-2-12(3-6-15)10-13-8-9-22-18(13)21-17-11-14(20(24)25)4-7-16(17)19(22)23/h2-7,10-11H,8-9H2,1H3,(H,24,25)/p-1/b13-10+. The number of hydrogen-bond acceptors (Lipinski definition) is 5. The zero-order chi connectivity index (χ0) is 18.3. The molecule has 2 heterocycles. The smallest absolute Gasteiger partial charge is 0.261 e. The highest BCUT2D eigenvalue weighted by atomic mass is 16.5. The highest BCUT2D eigenvalue weighted by molar-refractivity contribution is 5.92. The molecule has 0 radical (unpaired) electrons. The van der Waals surface area contributed by atoms with Crippen LogP contribution in [0.25, 0.3) is 22.6 Å². The molecular formula is C20H15N2O4-. The largest absolute Gasteiger partial charge is 0.545 e. The predicted molar refractivity (Wildman–Crippen MR) is 95.8 cm³/mol. The first-order chi connectivity index (χ1) is 12.6. The van der Waals surface area contributed by atoms with E-state index in [4.69, 9.17) is 4.74 Å². The molecule has 3 aromatic rings. The maximum atomic E-state index is 12.7. The second-order valence-corrected chi connectivity index (χ2v) is 6.10. The lowest BCUT2D eigenvalue weighted by Gasteiger charge is -2.08. The molecule has 0 saturated heterocycles. The van der Waals surface area contributed by atoms with Gasteiger partial charge < -0.3 is 14.6 Å².